The molecule has 0 fully saturated rings. The Morgan fingerprint density at radius 2 is 1.41 bits per heavy atom. The van der Waals surface area contributed by atoms with E-state index in [-0.39, 0.29) is 5.95 Å². The predicted octanol–water partition coefficient (Wildman–Crippen LogP) is 5.73. The smallest absolute Gasteiger partial charge is 0.294 e. The second-order valence-corrected chi connectivity index (χ2v) is 10.4. The van der Waals surface area contributed by atoms with Crippen LogP contribution < -0.4 is 0 Å². The number of aliphatic hydroxyl groups excluding tert-OH is 1. The van der Waals surface area contributed by atoms with Gasteiger partial charge in [-0.15, -0.1) is 0 Å². The van der Waals surface area contributed by atoms with Crippen LogP contribution in [0.4, 0.5) is 0 Å². The number of nitrogens with zero attached hydrogens (tertiary/aromatic N) is 1. The number of ether oxygens (including phenoxy) is 1. The van der Waals surface area contributed by atoms with E-state index >= 15 is 0 Å². The minimum Gasteiger partial charge on any atom is -0.480 e. The van der Waals surface area contributed by atoms with Crippen LogP contribution in [-0.4, -0.2) is 36.4 Å². The minimum atomic E-state index is -1.22. The van der Waals surface area contributed by atoms with Gasteiger partial charge in [0.15, 0.2) is 0 Å². The maximum absolute atomic E-state index is 10.0. The molecular weight excluding hydrogens is 293 g/mol. The van der Waals surface area contributed by atoms with Gasteiger partial charge < -0.3 is 9.84 Å². The molecule has 0 aromatic carbocycles. The van der Waals surface area contributed by atoms with Crippen LogP contribution >= 0.6 is 7.26 Å². The Labute approximate surface area is 138 Å². The molecule has 0 saturated heterocycles. The molecule has 22 heavy (non-hydrogen) atoms. The summed E-state index contributed by atoms with van der Waals surface area (Å²) in [5.41, 5.74) is 0.471. The highest BCUT2D eigenvalue weighted by molar-refractivity contribution is 7.76. The highest BCUT2D eigenvalue weighted by Crippen LogP contribution is 2.61. The van der Waals surface area contributed by atoms with Crippen molar-refractivity contribution in [3.8, 4) is 6.07 Å². The second-order valence-electron chi connectivity index (χ2n) is 6.06. The molecule has 0 rings (SSSR count). The average molecular weight is 328 g/mol. The van der Waals surface area contributed by atoms with Crippen molar-refractivity contribution < 1.29 is 9.84 Å². The van der Waals surface area contributed by atoms with E-state index in [1.54, 1.807) is 0 Å². The molecule has 0 heterocycles. The Hall–Kier alpha value is -0.740. The fourth-order valence-corrected chi connectivity index (χ4v) is 7.75. The van der Waals surface area contributed by atoms with Gasteiger partial charge in [0.25, 0.3) is 5.95 Å². The van der Waals surface area contributed by atoms with E-state index in [1.165, 1.54) is 57.0 Å². The lowest BCUT2D eigenvalue weighted by Gasteiger charge is -2.27. The lowest BCUT2D eigenvalue weighted by atomic mass is 10.3. The molecule has 1 N–H and O–H groups in total. The number of nitriles is 1. The standard InChI is InChI=1S/C18H34NO2P/c1-5-9-12-22(13-10-6-2,14-11-7-3)16-17(15-19)18(20)21-8-4/h5-14,16H2,1-4H3/p+1/b18-17+. The maximum Gasteiger partial charge on any atom is 0.294 e. The zero-order valence-corrected chi connectivity index (χ0v) is 15.9. The summed E-state index contributed by atoms with van der Waals surface area (Å²) in [4.78, 5) is 0. The number of hydrogen-bond donors (Lipinski definition) is 1. The fraction of sp³-hybridized carbons (Fsp3) is 0.833. The van der Waals surface area contributed by atoms with Crippen LogP contribution in [0.3, 0.4) is 0 Å². The van der Waals surface area contributed by atoms with E-state index in [0.717, 1.165) is 6.16 Å². The van der Waals surface area contributed by atoms with Crippen molar-refractivity contribution in [3.05, 3.63) is 11.5 Å². The Kier molecular flexibility index (Phi) is 12.3. The van der Waals surface area contributed by atoms with E-state index in [2.05, 4.69) is 26.8 Å². The highest BCUT2D eigenvalue weighted by atomic mass is 31.2. The van der Waals surface area contributed by atoms with Gasteiger partial charge in [0.05, 0.1) is 25.1 Å². The molecule has 0 aromatic heterocycles. The Morgan fingerprint density at radius 3 is 1.73 bits per heavy atom. The molecular formula is C18H35NO2P+. The normalized spacial score (nSPS) is 12.7. The summed E-state index contributed by atoms with van der Waals surface area (Å²) in [7, 11) is -1.22. The van der Waals surface area contributed by atoms with Crippen LogP contribution in [-0.2, 0) is 4.74 Å². The Balaban J connectivity index is 5.29. The first-order valence-electron chi connectivity index (χ1n) is 8.89. The van der Waals surface area contributed by atoms with Gasteiger partial charge in [-0.05, 0) is 26.2 Å². The van der Waals surface area contributed by atoms with Crippen molar-refractivity contribution in [2.24, 2.45) is 0 Å². The molecule has 0 amide bonds. The summed E-state index contributed by atoms with van der Waals surface area (Å²) in [5, 5.41) is 19.4. The molecule has 0 saturated carbocycles. The number of hydrogen-bond acceptors (Lipinski definition) is 3. The number of rotatable bonds is 13. The van der Waals surface area contributed by atoms with E-state index in [1.807, 2.05) is 6.92 Å². The molecule has 0 aliphatic carbocycles. The summed E-state index contributed by atoms with van der Waals surface area (Å²) < 4.78 is 5.18. The minimum absolute atomic E-state index is 0.140. The lowest BCUT2D eigenvalue weighted by Crippen LogP contribution is -2.15. The fourth-order valence-electron chi connectivity index (χ4n) is 2.76. The van der Waals surface area contributed by atoms with Gasteiger partial charge >= 0.3 is 0 Å². The van der Waals surface area contributed by atoms with Gasteiger partial charge in [-0.1, -0.05) is 40.0 Å². The molecule has 4 heteroatoms. The van der Waals surface area contributed by atoms with Crippen molar-refractivity contribution in [2.45, 2.75) is 66.2 Å². The predicted molar refractivity (Wildman–Crippen MR) is 98.0 cm³/mol. The quantitative estimate of drug-likeness (QED) is 0.267. The Bertz CT molecular complexity index is 339. The lowest BCUT2D eigenvalue weighted by molar-refractivity contribution is 0.0995. The zero-order valence-electron chi connectivity index (χ0n) is 15.0. The van der Waals surface area contributed by atoms with E-state index in [9.17, 15) is 10.4 Å². The van der Waals surface area contributed by atoms with Crippen LogP contribution in [0.25, 0.3) is 0 Å². The SMILES string of the molecule is CCCC[P+](CCCC)(CCCC)C/C(C#N)=C(\O)OCC. The van der Waals surface area contributed by atoms with Crippen LogP contribution in [0.1, 0.15) is 66.2 Å². The summed E-state index contributed by atoms with van der Waals surface area (Å²) in [6.07, 6.45) is 11.8. The largest absolute Gasteiger partial charge is 0.480 e. The molecule has 0 bridgehead atoms. The molecule has 0 radical (unpaired) electrons. The monoisotopic (exact) mass is 328 g/mol. The molecule has 0 atom stereocenters. The van der Waals surface area contributed by atoms with Crippen LogP contribution in [0, 0.1) is 11.3 Å². The number of aliphatic hydroxyl groups is 1. The van der Waals surface area contributed by atoms with Gasteiger partial charge in [-0.3, -0.25) is 0 Å². The average Bonchev–Trinajstić information content (AvgIpc) is 2.53. The first-order chi connectivity index (χ1) is 10.6. The summed E-state index contributed by atoms with van der Waals surface area (Å²) in [6, 6.07) is 2.20. The third-order valence-electron chi connectivity index (χ3n) is 4.13. The molecule has 0 aliphatic rings. The summed E-state index contributed by atoms with van der Waals surface area (Å²) in [6.45, 7) is 8.92. The summed E-state index contributed by atoms with van der Waals surface area (Å²) >= 11 is 0. The van der Waals surface area contributed by atoms with Crippen molar-refractivity contribution >= 4 is 7.26 Å². The topological polar surface area (TPSA) is 53.2 Å². The zero-order chi connectivity index (χ0) is 16.8. The Morgan fingerprint density at radius 1 is 0.955 bits per heavy atom. The van der Waals surface area contributed by atoms with Gasteiger partial charge in [0.1, 0.15) is 17.8 Å². The van der Waals surface area contributed by atoms with E-state index in [4.69, 9.17) is 4.74 Å². The van der Waals surface area contributed by atoms with E-state index in [0.29, 0.717) is 12.2 Å². The molecule has 0 spiro atoms. The van der Waals surface area contributed by atoms with Gasteiger partial charge in [-0.25, -0.2) is 0 Å². The van der Waals surface area contributed by atoms with Crippen LogP contribution in [0.15, 0.2) is 11.5 Å². The molecule has 0 unspecified atom stereocenters. The van der Waals surface area contributed by atoms with Gasteiger partial charge in [0, 0.05) is 7.26 Å². The number of allylic oxidation sites excluding steroid dienone is 1. The first kappa shape index (κ1) is 21.3. The summed E-state index contributed by atoms with van der Waals surface area (Å²) in [5.74, 6) is -0.140. The third-order valence-corrected chi connectivity index (χ3v) is 8.91. The van der Waals surface area contributed by atoms with Crippen molar-refractivity contribution in [1.29, 1.82) is 5.26 Å². The van der Waals surface area contributed by atoms with Crippen molar-refractivity contribution in [3.63, 3.8) is 0 Å². The van der Waals surface area contributed by atoms with Crippen molar-refractivity contribution in [2.75, 3.05) is 31.3 Å². The molecule has 128 valence electrons. The molecule has 0 aliphatic heterocycles. The van der Waals surface area contributed by atoms with Crippen LogP contribution in [0.5, 0.6) is 0 Å². The molecule has 3 nitrogen and oxygen atoms in total. The molecule has 0 aromatic rings. The highest BCUT2D eigenvalue weighted by Gasteiger charge is 2.37. The van der Waals surface area contributed by atoms with Gasteiger partial charge in [-0.2, -0.15) is 5.26 Å². The van der Waals surface area contributed by atoms with Crippen LogP contribution in [0.2, 0.25) is 0 Å². The second kappa shape index (κ2) is 12.8. The third kappa shape index (κ3) is 8.04. The van der Waals surface area contributed by atoms with Crippen molar-refractivity contribution in [1.82, 2.24) is 0 Å². The number of unbranched alkanes of at least 4 members (excludes halogenated alkanes) is 3. The van der Waals surface area contributed by atoms with E-state index < -0.39 is 7.26 Å². The first-order valence-corrected chi connectivity index (χ1v) is 11.4. The maximum atomic E-state index is 10.0. The van der Waals surface area contributed by atoms with Gasteiger partial charge in [0.2, 0.25) is 0 Å².